The maximum atomic E-state index is 13.7. The Bertz CT molecular complexity index is 1180. The third kappa shape index (κ3) is 4.21. The minimum absolute atomic E-state index is 0.145. The number of halogens is 2. The first-order valence-electron chi connectivity index (χ1n) is 13.4. The molecule has 6 heteroatoms. The molecule has 3 fully saturated rings. The van der Waals surface area contributed by atoms with Crippen molar-refractivity contribution in [2.45, 2.75) is 55.5 Å². The maximum absolute atomic E-state index is 13.7. The number of hydrogen-bond donors (Lipinski definition) is 1. The van der Waals surface area contributed by atoms with Crippen molar-refractivity contribution in [3.05, 3.63) is 102 Å². The molecule has 2 saturated heterocycles. The largest absolute Gasteiger partial charge is 0.339 e. The van der Waals surface area contributed by atoms with E-state index in [-0.39, 0.29) is 23.0 Å². The second kappa shape index (κ2) is 9.56. The lowest BCUT2D eigenvalue weighted by molar-refractivity contribution is -0.125. The Labute approximate surface area is 217 Å². The summed E-state index contributed by atoms with van der Waals surface area (Å²) in [7, 11) is 0. The Morgan fingerprint density at radius 3 is 1.81 bits per heavy atom. The van der Waals surface area contributed by atoms with Crippen LogP contribution in [0.25, 0.3) is 0 Å². The highest BCUT2D eigenvalue weighted by Crippen LogP contribution is 2.47. The summed E-state index contributed by atoms with van der Waals surface area (Å²) in [6.45, 7) is 2.34. The predicted molar refractivity (Wildman–Crippen MR) is 141 cm³/mol. The van der Waals surface area contributed by atoms with Crippen LogP contribution >= 0.6 is 0 Å². The van der Waals surface area contributed by atoms with E-state index in [2.05, 4.69) is 27.2 Å². The first kappa shape index (κ1) is 24.1. The predicted octanol–water partition coefficient (Wildman–Crippen LogP) is 5.62. The molecular weight excluding hydrogens is 468 g/mol. The van der Waals surface area contributed by atoms with Crippen molar-refractivity contribution in [3.8, 4) is 0 Å². The van der Waals surface area contributed by atoms with Gasteiger partial charge in [0.1, 0.15) is 17.2 Å². The average Bonchev–Trinajstić information content (AvgIpc) is 3.25. The fourth-order valence-corrected chi connectivity index (χ4v) is 7.03. The van der Waals surface area contributed by atoms with Crippen LogP contribution in [0.3, 0.4) is 0 Å². The van der Waals surface area contributed by atoms with Crippen LogP contribution in [-0.4, -0.2) is 42.1 Å². The number of para-hydroxylation sites is 1. The number of benzene rings is 3. The Balaban J connectivity index is 1.18. The van der Waals surface area contributed by atoms with E-state index < -0.39 is 5.54 Å². The number of hydrogen-bond acceptors (Lipinski definition) is 3. The van der Waals surface area contributed by atoms with E-state index in [1.165, 1.54) is 24.3 Å². The van der Waals surface area contributed by atoms with Gasteiger partial charge in [-0.1, -0.05) is 42.5 Å². The molecule has 2 heterocycles. The Morgan fingerprint density at radius 2 is 1.27 bits per heavy atom. The van der Waals surface area contributed by atoms with E-state index in [0.29, 0.717) is 12.7 Å². The summed E-state index contributed by atoms with van der Waals surface area (Å²) < 4.78 is 27.5. The van der Waals surface area contributed by atoms with Gasteiger partial charge in [0.25, 0.3) is 0 Å². The van der Waals surface area contributed by atoms with Crippen molar-refractivity contribution >= 4 is 11.6 Å². The van der Waals surface area contributed by atoms with Gasteiger partial charge in [0.05, 0.1) is 6.67 Å². The highest BCUT2D eigenvalue weighted by Gasteiger charge is 2.51. The van der Waals surface area contributed by atoms with Crippen LogP contribution in [0.1, 0.15) is 49.7 Å². The fourth-order valence-electron chi connectivity index (χ4n) is 7.03. The molecule has 3 aromatic rings. The molecule has 0 unspecified atom stereocenters. The molecule has 1 N–H and O–H groups in total. The van der Waals surface area contributed by atoms with Gasteiger partial charge in [-0.15, -0.1) is 0 Å². The smallest absolute Gasteiger partial charge is 0.247 e. The Kier molecular flexibility index (Phi) is 6.23. The van der Waals surface area contributed by atoms with Gasteiger partial charge in [-0.05, 0) is 86.1 Å². The molecule has 0 radical (unpaired) electrons. The van der Waals surface area contributed by atoms with Crippen molar-refractivity contribution in [1.29, 1.82) is 0 Å². The lowest BCUT2D eigenvalue weighted by Gasteiger charge is -2.49. The van der Waals surface area contributed by atoms with E-state index in [0.717, 1.165) is 68.4 Å². The number of nitrogens with one attached hydrogen (secondary N) is 1. The number of amides is 1. The normalized spacial score (nSPS) is 21.8. The Hall–Kier alpha value is -3.25. The molecule has 4 nitrogen and oxygen atoms in total. The molecule has 3 aromatic carbocycles. The number of anilines is 1. The zero-order valence-corrected chi connectivity index (χ0v) is 21.0. The number of nitrogens with zero attached hydrogens (tertiary/aromatic N) is 2. The van der Waals surface area contributed by atoms with Crippen LogP contribution in [-0.2, 0) is 10.2 Å². The number of likely N-dealkylation sites (tertiary alicyclic amines) is 1. The molecule has 1 amide bonds. The number of carbonyl (C=O) groups excluding carboxylic acids is 1. The van der Waals surface area contributed by atoms with Gasteiger partial charge in [0.15, 0.2) is 0 Å². The van der Waals surface area contributed by atoms with E-state index in [1.54, 1.807) is 0 Å². The van der Waals surface area contributed by atoms with Gasteiger partial charge in [-0.25, -0.2) is 8.78 Å². The third-order valence-corrected chi connectivity index (χ3v) is 9.15. The first-order valence-corrected chi connectivity index (χ1v) is 13.4. The molecule has 2 aliphatic heterocycles. The van der Waals surface area contributed by atoms with Crippen LogP contribution in [0.2, 0.25) is 0 Å². The molecule has 192 valence electrons. The molecule has 1 spiro atoms. The fraction of sp³-hybridized carbons (Fsp3) is 0.387. The van der Waals surface area contributed by atoms with Crippen molar-refractivity contribution in [2.24, 2.45) is 0 Å². The van der Waals surface area contributed by atoms with E-state index in [4.69, 9.17) is 0 Å². The van der Waals surface area contributed by atoms with Crippen LogP contribution in [0, 0.1) is 11.6 Å². The van der Waals surface area contributed by atoms with E-state index in [1.807, 2.05) is 42.5 Å². The summed E-state index contributed by atoms with van der Waals surface area (Å²) in [5.74, 6) is -0.338. The Morgan fingerprint density at radius 1 is 0.730 bits per heavy atom. The maximum Gasteiger partial charge on any atom is 0.247 e. The number of rotatable bonds is 4. The van der Waals surface area contributed by atoms with Gasteiger partial charge >= 0.3 is 0 Å². The first-order chi connectivity index (χ1) is 18.0. The van der Waals surface area contributed by atoms with Crippen LogP contribution in [0.4, 0.5) is 14.5 Å². The molecule has 1 saturated carbocycles. The summed E-state index contributed by atoms with van der Waals surface area (Å²) in [5.41, 5.74) is 2.56. The van der Waals surface area contributed by atoms with Crippen LogP contribution < -0.4 is 10.2 Å². The summed E-state index contributed by atoms with van der Waals surface area (Å²) in [6, 6.07) is 24.3. The van der Waals surface area contributed by atoms with Gasteiger partial charge < -0.3 is 15.1 Å². The third-order valence-electron chi connectivity index (χ3n) is 9.15. The summed E-state index contributed by atoms with van der Waals surface area (Å²) in [6.07, 6.45) is 5.49. The lowest BCUT2D eigenvalue weighted by atomic mass is 9.64. The molecule has 6 rings (SSSR count). The second-order valence-electron chi connectivity index (χ2n) is 10.8. The van der Waals surface area contributed by atoms with Crippen molar-refractivity contribution in [2.75, 3.05) is 24.7 Å². The molecule has 0 bridgehead atoms. The van der Waals surface area contributed by atoms with Gasteiger partial charge in [-0.2, -0.15) is 0 Å². The minimum atomic E-state index is -0.474. The molecule has 0 atom stereocenters. The van der Waals surface area contributed by atoms with Crippen molar-refractivity contribution in [1.82, 2.24) is 10.2 Å². The standard InChI is InChI=1S/C31H33F2N3O/c32-25-10-6-23(7-11-25)30(24-8-12-26(33)13-9-24)16-14-27(15-17-30)35-20-18-31(19-21-35)29(37)34-22-36(31)28-4-2-1-3-5-28/h1-13,27H,14-22H2,(H,34,37). The molecule has 37 heavy (non-hydrogen) atoms. The summed E-state index contributed by atoms with van der Waals surface area (Å²) in [4.78, 5) is 17.9. The highest BCUT2D eigenvalue weighted by atomic mass is 19.1. The summed E-state index contributed by atoms with van der Waals surface area (Å²) >= 11 is 0. The summed E-state index contributed by atoms with van der Waals surface area (Å²) in [5, 5.41) is 3.09. The zero-order valence-electron chi connectivity index (χ0n) is 21.0. The lowest BCUT2D eigenvalue weighted by Crippen LogP contribution is -2.58. The van der Waals surface area contributed by atoms with Gasteiger partial charge in [0, 0.05) is 30.2 Å². The molecule has 1 aliphatic carbocycles. The van der Waals surface area contributed by atoms with Crippen molar-refractivity contribution in [3.63, 3.8) is 0 Å². The van der Waals surface area contributed by atoms with Gasteiger partial charge in [0.2, 0.25) is 5.91 Å². The minimum Gasteiger partial charge on any atom is -0.339 e. The topological polar surface area (TPSA) is 35.6 Å². The van der Waals surface area contributed by atoms with Crippen LogP contribution in [0.15, 0.2) is 78.9 Å². The quantitative estimate of drug-likeness (QED) is 0.504. The van der Waals surface area contributed by atoms with E-state index >= 15 is 0 Å². The molecular formula is C31H33F2N3O. The highest BCUT2D eigenvalue weighted by molar-refractivity contribution is 5.93. The number of carbonyl (C=O) groups is 1. The average molecular weight is 502 g/mol. The van der Waals surface area contributed by atoms with E-state index in [9.17, 15) is 13.6 Å². The molecule has 0 aromatic heterocycles. The number of piperidine rings is 1. The second-order valence-corrected chi connectivity index (χ2v) is 10.8. The van der Waals surface area contributed by atoms with Gasteiger partial charge in [-0.3, -0.25) is 4.79 Å². The van der Waals surface area contributed by atoms with Crippen LogP contribution in [0.5, 0.6) is 0 Å². The zero-order chi connectivity index (χ0) is 25.5. The molecule has 3 aliphatic rings. The SMILES string of the molecule is O=C1NCN(c2ccccc2)C12CCN(C1CCC(c3ccc(F)cc3)(c3ccc(F)cc3)CC1)CC2. The van der Waals surface area contributed by atoms with Crippen molar-refractivity contribution < 1.29 is 13.6 Å². The monoisotopic (exact) mass is 501 g/mol.